The van der Waals surface area contributed by atoms with Gasteiger partial charge in [0.15, 0.2) is 0 Å². The monoisotopic (exact) mass is 569 g/mol. The number of aryl methyl sites for hydroxylation is 2. The van der Waals surface area contributed by atoms with Gasteiger partial charge in [0.1, 0.15) is 0 Å². The van der Waals surface area contributed by atoms with Gasteiger partial charge in [-0.1, -0.05) is 84.7 Å². The summed E-state index contributed by atoms with van der Waals surface area (Å²) in [6, 6.07) is 25.5. The highest BCUT2D eigenvalue weighted by Crippen LogP contribution is 2.29. The molecule has 5 rings (SSSR count). The van der Waals surface area contributed by atoms with Crippen molar-refractivity contribution >= 4 is 32.7 Å². The van der Waals surface area contributed by atoms with E-state index in [-0.39, 0.29) is 5.91 Å². The van der Waals surface area contributed by atoms with Gasteiger partial charge >= 0.3 is 0 Å². The number of carbonyl (C=O) groups excluding carboxylic acids is 1. The molecular formula is C33H36BrN3O. The first kappa shape index (κ1) is 26.6. The summed E-state index contributed by atoms with van der Waals surface area (Å²) in [6.45, 7) is 8.53. The summed E-state index contributed by atoms with van der Waals surface area (Å²) in [5, 5.41) is 0.895. The van der Waals surface area contributed by atoms with E-state index >= 15 is 0 Å². The van der Waals surface area contributed by atoms with E-state index in [9.17, 15) is 4.79 Å². The van der Waals surface area contributed by atoms with Gasteiger partial charge in [0.05, 0.1) is 16.8 Å². The van der Waals surface area contributed by atoms with Gasteiger partial charge in [-0.3, -0.25) is 9.69 Å². The first-order valence-electron chi connectivity index (χ1n) is 13.8. The van der Waals surface area contributed by atoms with Crippen LogP contribution in [0.5, 0.6) is 0 Å². The van der Waals surface area contributed by atoms with E-state index < -0.39 is 0 Å². The van der Waals surface area contributed by atoms with Gasteiger partial charge < -0.3 is 4.90 Å². The van der Waals surface area contributed by atoms with E-state index in [1.54, 1.807) is 0 Å². The maximum atomic E-state index is 13.9. The van der Waals surface area contributed by atoms with Crippen LogP contribution in [-0.4, -0.2) is 46.9 Å². The number of hydrogen-bond donors (Lipinski definition) is 0. The molecule has 0 N–H and O–H groups in total. The number of fused-ring (bicyclic) bond motifs is 1. The first-order valence-corrected chi connectivity index (χ1v) is 14.6. The molecule has 1 fully saturated rings. The third-order valence-electron chi connectivity index (χ3n) is 7.57. The summed E-state index contributed by atoms with van der Waals surface area (Å²) in [4.78, 5) is 23.3. The van der Waals surface area contributed by atoms with Crippen LogP contribution < -0.4 is 0 Å². The quantitative estimate of drug-likeness (QED) is 0.220. The summed E-state index contributed by atoms with van der Waals surface area (Å²) < 4.78 is 0.952. The summed E-state index contributed by atoms with van der Waals surface area (Å²) in [7, 11) is 0. The molecule has 1 amide bonds. The van der Waals surface area contributed by atoms with Gasteiger partial charge in [0.2, 0.25) is 0 Å². The number of aromatic nitrogens is 1. The summed E-state index contributed by atoms with van der Waals surface area (Å²) in [6.07, 6.45) is 4.54. The first-order chi connectivity index (χ1) is 18.5. The van der Waals surface area contributed by atoms with Crippen molar-refractivity contribution in [1.29, 1.82) is 0 Å². The molecule has 38 heavy (non-hydrogen) atoms. The fraction of sp³-hybridized carbons (Fsp3) is 0.333. The Balaban J connectivity index is 1.35. The average Bonchev–Trinajstić information content (AvgIpc) is 2.96. The molecule has 0 atom stereocenters. The Hall–Kier alpha value is -3.02. The Kier molecular flexibility index (Phi) is 8.55. The zero-order valence-corrected chi connectivity index (χ0v) is 24.0. The lowest BCUT2D eigenvalue weighted by Crippen LogP contribution is -2.48. The van der Waals surface area contributed by atoms with E-state index in [1.165, 1.54) is 29.5 Å². The van der Waals surface area contributed by atoms with Crippen LogP contribution in [0, 0.1) is 0 Å². The Morgan fingerprint density at radius 1 is 0.842 bits per heavy atom. The van der Waals surface area contributed by atoms with Crippen molar-refractivity contribution < 1.29 is 4.79 Å². The van der Waals surface area contributed by atoms with Crippen LogP contribution in [-0.2, 0) is 19.4 Å². The van der Waals surface area contributed by atoms with Gasteiger partial charge in [-0.05, 0) is 60.2 Å². The second-order valence-corrected chi connectivity index (χ2v) is 11.2. The predicted octanol–water partition coefficient (Wildman–Crippen LogP) is 7.53. The molecule has 2 heterocycles. The lowest BCUT2D eigenvalue weighted by molar-refractivity contribution is 0.0630. The van der Waals surface area contributed by atoms with E-state index in [1.807, 2.05) is 29.2 Å². The van der Waals surface area contributed by atoms with E-state index in [0.717, 1.165) is 77.8 Å². The normalized spacial score (nSPS) is 14.2. The highest BCUT2D eigenvalue weighted by Gasteiger charge is 2.24. The van der Waals surface area contributed by atoms with Crippen LogP contribution in [0.1, 0.15) is 53.7 Å². The Morgan fingerprint density at radius 3 is 2.21 bits per heavy atom. The summed E-state index contributed by atoms with van der Waals surface area (Å²) in [5.41, 5.74) is 7.51. The molecular weight excluding hydrogens is 534 g/mol. The highest BCUT2D eigenvalue weighted by molar-refractivity contribution is 9.10. The minimum Gasteiger partial charge on any atom is -0.336 e. The molecule has 5 heteroatoms. The van der Waals surface area contributed by atoms with Gasteiger partial charge in [-0.25, -0.2) is 4.98 Å². The molecule has 1 saturated heterocycles. The SMILES string of the molecule is CCCCc1ccc(-c2cc(C(=O)N3CCN(Cc4ccc(CC)cc4)CC3)c3cc(Br)ccc3n2)cc1. The third kappa shape index (κ3) is 6.16. The highest BCUT2D eigenvalue weighted by atomic mass is 79.9. The second kappa shape index (κ2) is 12.2. The molecule has 0 aliphatic carbocycles. The summed E-state index contributed by atoms with van der Waals surface area (Å²) >= 11 is 3.59. The van der Waals surface area contributed by atoms with Crippen LogP contribution in [0.3, 0.4) is 0 Å². The molecule has 1 aromatic heterocycles. The van der Waals surface area contributed by atoms with Crippen LogP contribution >= 0.6 is 15.9 Å². The van der Waals surface area contributed by atoms with Crippen LogP contribution in [0.25, 0.3) is 22.2 Å². The van der Waals surface area contributed by atoms with Crippen molar-refractivity contribution in [2.24, 2.45) is 0 Å². The van der Waals surface area contributed by atoms with Crippen molar-refractivity contribution in [3.63, 3.8) is 0 Å². The maximum Gasteiger partial charge on any atom is 0.254 e. The number of amides is 1. The third-order valence-corrected chi connectivity index (χ3v) is 8.06. The van der Waals surface area contributed by atoms with Crippen LogP contribution in [0.15, 0.2) is 77.3 Å². The number of halogens is 1. The largest absolute Gasteiger partial charge is 0.336 e. The van der Waals surface area contributed by atoms with E-state index in [0.29, 0.717) is 0 Å². The van der Waals surface area contributed by atoms with Crippen molar-refractivity contribution in [2.45, 2.75) is 46.1 Å². The number of pyridine rings is 1. The lowest BCUT2D eigenvalue weighted by Gasteiger charge is -2.35. The zero-order chi connectivity index (χ0) is 26.5. The van der Waals surface area contributed by atoms with E-state index in [4.69, 9.17) is 4.98 Å². The van der Waals surface area contributed by atoms with Gasteiger partial charge in [0.25, 0.3) is 5.91 Å². The minimum atomic E-state index is 0.0864. The fourth-order valence-electron chi connectivity index (χ4n) is 5.16. The average molecular weight is 571 g/mol. The Bertz CT molecular complexity index is 1390. The number of carbonyl (C=O) groups is 1. The molecule has 196 valence electrons. The number of benzene rings is 3. The molecule has 4 nitrogen and oxygen atoms in total. The summed E-state index contributed by atoms with van der Waals surface area (Å²) in [5.74, 6) is 0.0864. The molecule has 0 bridgehead atoms. The maximum absolute atomic E-state index is 13.9. The number of piperazine rings is 1. The molecule has 1 aliphatic heterocycles. The van der Waals surface area contributed by atoms with Crippen LogP contribution in [0.4, 0.5) is 0 Å². The van der Waals surface area contributed by atoms with Crippen molar-refractivity contribution in [3.8, 4) is 11.3 Å². The van der Waals surface area contributed by atoms with Crippen molar-refractivity contribution in [3.05, 3.63) is 99.5 Å². The second-order valence-electron chi connectivity index (χ2n) is 10.3. The van der Waals surface area contributed by atoms with Gasteiger partial charge in [-0.15, -0.1) is 0 Å². The van der Waals surface area contributed by atoms with Crippen molar-refractivity contribution in [1.82, 2.24) is 14.8 Å². The molecule has 0 unspecified atom stereocenters. The van der Waals surface area contributed by atoms with Gasteiger partial charge in [-0.2, -0.15) is 0 Å². The number of rotatable bonds is 8. The van der Waals surface area contributed by atoms with Gasteiger partial charge in [0, 0.05) is 48.1 Å². The zero-order valence-electron chi connectivity index (χ0n) is 22.4. The Morgan fingerprint density at radius 2 is 1.53 bits per heavy atom. The molecule has 3 aromatic carbocycles. The molecule has 1 aliphatic rings. The number of hydrogen-bond acceptors (Lipinski definition) is 3. The fourth-order valence-corrected chi connectivity index (χ4v) is 5.52. The molecule has 0 saturated carbocycles. The van der Waals surface area contributed by atoms with Crippen molar-refractivity contribution in [2.75, 3.05) is 26.2 Å². The minimum absolute atomic E-state index is 0.0864. The van der Waals surface area contributed by atoms with Crippen LogP contribution in [0.2, 0.25) is 0 Å². The molecule has 0 radical (unpaired) electrons. The predicted molar refractivity (Wildman–Crippen MR) is 160 cm³/mol. The number of unbranched alkanes of at least 4 members (excludes halogenated alkanes) is 1. The molecule has 0 spiro atoms. The standard InChI is InChI=1S/C33H36BrN3O/c1-3-5-6-25-11-13-27(14-12-25)32-22-30(29-21-28(34)15-16-31(29)35-32)33(38)37-19-17-36(18-20-37)23-26-9-7-24(4-2)8-10-26/h7-16,21-22H,3-6,17-20,23H2,1-2H3. The lowest BCUT2D eigenvalue weighted by atomic mass is 10.0. The smallest absolute Gasteiger partial charge is 0.254 e. The van der Waals surface area contributed by atoms with E-state index in [2.05, 4.69) is 83.2 Å². The Labute approximate surface area is 234 Å². The topological polar surface area (TPSA) is 36.4 Å². The molecule has 4 aromatic rings. The number of nitrogens with zero attached hydrogens (tertiary/aromatic N) is 3.